The van der Waals surface area contributed by atoms with Crippen LogP contribution in [-0.4, -0.2) is 34.3 Å². The van der Waals surface area contributed by atoms with Crippen LogP contribution in [0, 0.1) is 6.92 Å². The number of benzene rings is 1. The van der Waals surface area contributed by atoms with E-state index in [2.05, 4.69) is 10.4 Å². The zero-order valence-electron chi connectivity index (χ0n) is 15.0. The van der Waals surface area contributed by atoms with Crippen LogP contribution in [-0.2, 0) is 20.9 Å². The first-order valence-corrected chi connectivity index (χ1v) is 8.73. The summed E-state index contributed by atoms with van der Waals surface area (Å²) in [6.45, 7) is 6.14. The smallest absolute Gasteiger partial charge is 0.331 e. The monoisotopic (exact) mass is 375 g/mol. The molecule has 0 radical (unpaired) electrons. The summed E-state index contributed by atoms with van der Waals surface area (Å²) >= 11 is 6.39. The topological polar surface area (TPSA) is 73.2 Å². The van der Waals surface area contributed by atoms with Crippen molar-refractivity contribution >= 4 is 29.6 Å². The van der Waals surface area contributed by atoms with E-state index in [0.717, 1.165) is 5.56 Å². The zero-order valence-corrected chi connectivity index (χ0v) is 15.8. The molecule has 0 aliphatic heterocycles. The van der Waals surface area contributed by atoms with Crippen molar-refractivity contribution in [3.63, 3.8) is 0 Å². The molecule has 0 unspecified atom stereocenters. The SMILES string of the molecule is CCNC(=O)[C@@H](C)OC(=O)/C=C/c1c(C)nn(Cc2ccccc2)c1Cl. The lowest BCUT2D eigenvalue weighted by atomic mass is 10.2. The third-order valence-electron chi connectivity index (χ3n) is 3.68. The van der Waals surface area contributed by atoms with Crippen molar-refractivity contribution in [3.8, 4) is 0 Å². The van der Waals surface area contributed by atoms with Gasteiger partial charge in [0, 0.05) is 18.2 Å². The normalized spacial score (nSPS) is 12.2. The molecular weight excluding hydrogens is 354 g/mol. The Bertz CT molecular complexity index is 800. The van der Waals surface area contributed by atoms with Crippen molar-refractivity contribution < 1.29 is 14.3 Å². The molecule has 138 valence electrons. The van der Waals surface area contributed by atoms with Gasteiger partial charge in [-0.2, -0.15) is 5.10 Å². The molecule has 1 N–H and O–H groups in total. The van der Waals surface area contributed by atoms with Crippen LogP contribution >= 0.6 is 11.6 Å². The molecule has 0 spiro atoms. The average molecular weight is 376 g/mol. The minimum atomic E-state index is -0.857. The lowest BCUT2D eigenvalue weighted by Crippen LogP contribution is -2.35. The fourth-order valence-corrected chi connectivity index (χ4v) is 2.65. The van der Waals surface area contributed by atoms with Crippen molar-refractivity contribution in [1.29, 1.82) is 0 Å². The van der Waals surface area contributed by atoms with Crippen molar-refractivity contribution in [2.24, 2.45) is 0 Å². The summed E-state index contributed by atoms with van der Waals surface area (Å²) in [4.78, 5) is 23.5. The predicted octanol–water partition coefficient (Wildman–Crippen LogP) is 2.97. The number of halogens is 1. The van der Waals surface area contributed by atoms with E-state index in [4.69, 9.17) is 16.3 Å². The van der Waals surface area contributed by atoms with E-state index in [1.165, 1.54) is 13.0 Å². The molecule has 0 saturated heterocycles. The van der Waals surface area contributed by atoms with Gasteiger partial charge >= 0.3 is 5.97 Å². The van der Waals surface area contributed by atoms with Gasteiger partial charge in [-0.05, 0) is 32.4 Å². The third-order valence-corrected chi connectivity index (χ3v) is 4.08. The summed E-state index contributed by atoms with van der Waals surface area (Å²) in [5.41, 5.74) is 2.42. The fourth-order valence-electron chi connectivity index (χ4n) is 2.35. The molecule has 0 bridgehead atoms. The number of nitrogens with zero attached hydrogens (tertiary/aromatic N) is 2. The van der Waals surface area contributed by atoms with Crippen LogP contribution in [0.25, 0.3) is 6.08 Å². The van der Waals surface area contributed by atoms with Crippen molar-refractivity contribution in [2.45, 2.75) is 33.4 Å². The van der Waals surface area contributed by atoms with Gasteiger partial charge in [0.2, 0.25) is 0 Å². The second kappa shape index (κ2) is 9.20. The maximum Gasteiger partial charge on any atom is 0.331 e. The highest BCUT2D eigenvalue weighted by Gasteiger charge is 2.16. The molecule has 26 heavy (non-hydrogen) atoms. The standard InChI is InChI=1S/C19H22ClN3O3/c1-4-21-19(25)14(3)26-17(24)11-10-16-13(2)22-23(18(16)20)12-15-8-6-5-7-9-15/h5-11,14H,4,12H2,1-3H3,(H,21,25)/b11-10+/t14-/m1/s1. The Hall–Kier alpha value is -2.60. The van der Waals surface area contributed by atoms with Crippen molar-refractivity contribution in [3.05, 3.63) is 58.4 Å². The summed E-state index contributed by atoms with van der Waals surface area (Å²) in [5, 5.41) is 7.45. The van der Waals surface area contributed by atoms with Gasteiger partial charge in [0.15, 0.2) is 6.10 Å². The molecule has 0 saturated carbocycles. The van der Waals surface area contributed by atoms with E-state index in [1.807, 2.05) is 37.3 Å². The van der Waals surface area contributed by atoms with Crippen LogP contribution in [0.3, 0.4) is 0 Å². The summed E-state index contributed by atoms with van der Waals surface area (Å²) in [6, 6.07) is 9.82. The molecule has 1 amide bonds. The molecule has 0 aliphatic rings. The van der Waals surface area contributed by atoms with Gasteiger partial charge in [0.1, 0.15) is 5.15 Å². The molecular formula is C19H22ClN3O3. The molecule has 2 rings (SSSR count). The van der Waals surface area contributed by atoms with Gasteiger partial charge in [0.05, 0.1) is 12.2 Å². The van der Waals surface area contributed by atoms with Crippen LogP contribution in [0.2, 0.25) is 5.15 Å². The Balaban J connectivity index is 2.06. The van der Waals surface area contributed by atoms with E-state index in [0.29, 0.717) is 29.5 Å². The van der Waals surface area contributed by atoms with E-state index >= 15 is 0 Å². The predicted molar refractivity (Wildman–Crippen MR) is 101 cm³/mol. The summed E-state index contributed by atoms with van der Waals surface area (Å²) in [6.07, 6.45) is 1.95. The van der Waals surface area contributed by atoms with Crippen molar-refractivity contribution in [2.75, 3.05) is 6.54 Å². The number of carbonyl (C=O) groups is 2. The number of nitrogens with one attached hydrogen (secondary N) is 1. The summed E-state index contributed by atoms with van der Waals surface area (Å²) < 4.78 is 6.74. The maximum absolute atomic E-state index is 11.9. The molecule has 6 nitrogen and oxygen atoms in total. The fraction of sp³-hybridized carbons (Fsp3) is 0.316. The minimum absolute atomic E-state index is 0.334. The Kier molecular flexibility index (Phi) is 6.97. The number of rotatable bonds is 7. The average Bonchev–Trinajstić information content (AvgIpc) is 2.87. The number of hydrogen-bond donors (Lipinski definition) is 1. The van der Waals surface area contributed by atoms with Gasteiger partial charge in [-0.1, -0.05) is 41.9 Å². The largest absolute Gasteiger partial charge is 0.449 e. The second-order valence-electron chi connectivity index (χ2n) is 5.74. The Labute approximate surface area is 157 Å². The number of likely N-dealkylation sites (N-methyl/N-ethyl adjacent to an activating group) is 1. The van der Waals surface area contributed by atoms with Crippen LogP contribution < -0.4 is 5.32 Å². The summed E-state index contributed by atoms with van der Waals surface area (Å²) in [7, 11) is 0. The highest BCUT2D eigenvalue weighted by molar-refractivity contribution is 6.31. The van der Waals surface area contributed by atoms with Gasteiger partial charge in [0.25, 0.3) is 5.91 Å². The van der Waals surface area contributed by atoms with Crippen LogP contribution in [0.4, 0.5) is 0 Å². The third kappa shape index (κ3) is 5.20. The first-order valence-electron chi connectivity index (χ1n) is 8.35. The molecule has 0 fully saturated rings. The maximum atomic E-state index is 11.9. The van der Waals surface area contributed by atoms with Crippen LogP contribution in [0.1, 0.15) is 30.7 Å². The Morgan fingerprint density at radius 3 is 2.69 bits per heavy atom. The van der Waals surface area contributed by atoms with Crippen LogP contribution in [0.5, 0.6) is 0 Å². The molecule has 7 heteroatoms. The Morgan fingerprint density at radius 1 is 1.35 bits per heavy atom. The number of hydrogen-bond acceptors (Lipinski definition) is 4. The first-order chi connectivity index (χ1) is 12.4. The van der Waals surface area contributed by atoms with E-state index < -0.39 is 12.1 Å². The minimum Gasteiger partial charge on any atom is -0.449 e. The molecule has 1 aromatic heterocycles. The summed E-state index contributed by atoms with van der Waals surface area (Å²) in [5.74, 6) is -0.950. The van der Waals surface area contributed by atoms with Gasteiger partial charge in [-0.3, -0.25) is 4.79 Å². The molecule has 2 aromatic rings. The van der Waals surface area contributed by atoms with Crippen LogP contribution in [0.15, 0.2) is 36.4 Å². The number of esters is 1. The lowest BCUT2D eigenvalue weighted by molar-refractivity contribution is -0.150. The number of ether oxygens (including phenoxy) is 1. The highest BCUT2D eigenvalue weighted by Crippen LogP contribution is 2.22. The number of aromatic nitrogens is 2. The molecule has 1 heterocycles. The molecule has 1 atom stereocenters. The number of carbonyl (C=O) groups excluding carboxylic acids is 2. The van der Waals surface area contributed by atoms with Crippen molar-refractivity contribution in [1.82, 2.24) is 15.1 Å². The van der Waals surface area contributed by atoms with Gasteiger partial charge < -0.3 is 10.1 Å². The number of aryl methyl sites for hydroxylation is 1. The van der Waals surface area contributed by atoms with E-state index in [9.17, 15) is 9.59 Å². The molecule has 0 aliphatic carbocycles. The highest BCUT2D eigenvalue weighted by atomic mass is 35.5. The van der Waals surface area contributed by atoms with E-state index in [1.54, 1.807) is 17.7 Å². The van der Waals surface area contributed by atoms with E-state index in [-0.39, 0.29) is 5.91 Å². The zero-order chi connectivity index (χ0) is 19.1. The second-order valence-corrected chi connectivity index (χ2v) is 6.10. The quantitative estimate of drug-likeness (QED) is 0.596. The lowest BCUT2D eigenvalue weighted by Gasteiger charge is -2.10. The first kappa shape index (κ1) is 19.7. The van der Waals surface area contributed by atoms with Gasteiger partial charge in [-0.25, -0.2) is 9.48 Å². The molecule has 1 aromatic carbocycles. The number of amides is 1. The Morgan fingerprint density at radius 2 is 2.04 bits per heavy atom. The van der Waals surface area contributed by atoms with Gasteiger partial charge in [-0.15, -0.1) is 0 Å².